The van der Waals surface area contributed by atoms with Gasteiger partial charge in [0.15, 0.2) is 23.0 Å². The second kappa shape index (κ2) is 24.7. The second-order valence-electron chi connectivity index (χ2n) is 21.7. The second-order valence-corrected chi connectivity index (χ2v) is 22.1. The monoisotopic (exact) mass is 1090 g/mol. The average molecular weight is 1090 g/mol. The van der Waals surface area contributed by atoms with E-state index in [9.17, 15) is 24.3 Å². The number of ether oxygens (including phenoxy) is 5. The van der Waals surface area contributed by atoms with Crippen LogP contribution in [0.4, 0.5) is 0 Å². The van der Waals surface area contributed by atoms with Crippen LogP contribution in [0.1, 0.15) is 101 Å². The van der Waals surface area contributed by atoms with E-state index in [1.165, 1.54) is 6.07 Å². The van der Waals surface area contributed by atoms with E-state index in [0.29, 0.717) is 49.2 Å². The third kappa shape index (κ3) is 12.9. The summed E-state index contributed by atoms with van der Waals surface area (Å²) in [7, 11) is 3.27. The SMILES string of the molecule is COc1ccccc1Oc1ccccc1CN1CCC2(CC1)CCN(C(=O)c1ccc(Cl)cc1OC(=O)CC(C(=O)O)c1ccccc1C(=O)N1CCC3(CCN(Cc4ccccc4Oc4ccccc4OC)CC3)CC1)CC2. The summed E-state index contributed by atoms with van der Waals surface area (Å²) in [6, 6.07) is 42.7. The molecule has 4 aliphatic rings. The highest BCUT2D eigenvalue weighted by molar-refractivity contribution is 6.31. The number of carboxylic acid groups (broad SMARTS) is 1. The lowest BCUT2D eigenvalue weighted by Crippen LogP contribution is -2.48. The lowest BCUT2D eigenvalue weighted by molar-refractivity contribution is -0.144. The zero-order valence-corrected chi connectivity index (χ0v) is 45.8. The lowest BCUT2D eigenvalue weighted by atomic mass is 9.71. The number of carbonyl (C=O) groups is 4. The number of piperidine rings is 4. The van der Waals surface area contributed by atoms with E-state index < -0.39 is 24.3 Å². The standard InChI is InChI=1S/C64H69ClN4O10/c1-75-54-19-9-11-21-56(54)77-52-17-7-3-13-45(52)43-66-33-25-63(26-34-66)29-37-68(38-30-63)60(71)49-16-6-5-15-48(49)51(62(73)74)42-59(70)79-58-41-47(65)23-24-50(58)61(72)69-39-31-64(32-40-69)27-35-67(36-28-64)44-46-14-4-8-18-53(46)78-57-22-12-10-20-55(57)76-2/h3-24,41,51H,25-40,42-44H2,1-2H3,(H,73,74). The van der Waals surface area contributed by atoms with Gasteiger partial charge >= 0.3 is 11.9 Å². The molecule has 0 radical (unpaired) electrons. The van der Waals surface area contributed by atoms with E-state index in [1.807, 2.05) is 89.8 Å². The van der Waals surface area contributed by atoms with Gasteiger partial charge < -0.3 is 38.6 Å². The van der Waals surface area contributed by atoms with Crippen LogP contribution >= 0.6 is 11.6 Å². The molecule has 1 atom stereocenters. The van der Waals surface area contributed by atoms with E-state index in [4.69, 9.17) is 35.3 Å². The van der Waals surface area contributed by atoms with Gasteiger partial charge in [-0.05, 0) is 149 Å². The van der Waals surface area contributed by atoms with Gasteiger partial charge in [-0.1, -0.05) is 90.5 Å². The van der Waals surface area contributed by atoms with Crippen LogP contribution in [0.15, 0.2) is 140 Å². The minimum absolute atomic E-state index is 0.0319. The van der Waals surface area contributed by atoms with Crippen molar-refractivity contribution in [2.75, 3.05) is 66.6 Å². The molecule has 10 rings (SSSR count). The molecule has 79 heavy (non-hydrogen) atoms. The van der Waals surface area contributed by atoms with Gasteiger partial charge in [-0.25, -0.2) is 0 Å². The van der Waals surface area contributed by atoms with Gasteiger partial charge in [0.25, 0.3) is 11.8 Å². The molecule has 0 saturated carbocycles. The van der Waals surface area contributed by atoms with Crippen molar-refractivity contribution in [2.24, 2.45) is 10.8 Å². The molecule has 0 aromatic heterocycles. The molecule has 412 valence electrons. The van der Waals surface area contributed by atoms with Gasteiger partial charge in [0, 0.05) is 67.0 Å². The summed E-state index contributed by atoms with van der Waals surface area (Å²) >= 11 is 6.43. The van der Waals surface area contributed by atoms with Gasteiger partial charge in [-0.15, -0.1) is 0 Å². The first-order valence-corrected chi connectivity index (χ1v) is 27.9. The van der Waals surface area contributed by atoms with Crippen LogP contribution in [0.2, 0.25) is 5.02 Å². The first-order chi connectivity index (χ1) is 38.4. The zero-order valence-electron chi connectivity index (χ0n) is 45.1. The highest BCUT2D eigenvalue weighted by Crippen LogP contribution is 2.45. The average Bonchev–Trinajstić information content (AvgIpc) is 3.50. The van der Waals surface area contributed by atoms with Crippen molar-refractivity contribution in [1.29, 1.82) is 0 Å². The predicted molar refractivity (Wildman–Crippen MR) is 302 cm³/mol. The van der Waals surface area contributed by atoms with Gasteiger partial charge in [-0.2, -0.15) is 0 Å². The molecule has 6 aromatic rings. The molecule has 0 aliphatic carbocycles. The maximum absolute atomic E-state index is 14.3. The first-order valence-electron chi connectivity index (χ1n) is 27.5. The number of carbonyl (C=O) groups excluding carboxylic acids is 3. The Morgan fingerprint density at radius 3 is 1.37 bits per heavy atom. The predicted octanol–water partition coefficient (Wildman–Crippen LogP) is 12.1. The number of benzene rings is 6. The molecule has 1 unspecified atom stereocenters. The number of hydrogen-bond donors (Lipinski definition) is 1. The fourth-order valence-electron chi connectivity index (χ4n) is 12.1. The first kappa shape index (κ1) is 54.9. The fraction of sp³-hybridized carbons (Fsp3) is 0.375. The molecule has 6 aromatic carbocycles. The molecule has 4 saturated heterocycles. The Morgan fingerprint density at radius 2 is 0.899 bits per heavy atom. The number of amides is 2. The number of aliphatic carboxylic acids is 1. The summed E-state index contributed by atoms with van der Waals surface area (Å²) in [6.45, 7) is 7.37. The van der Waals surface area contributed by atoms with Gasteiger partial charge in [0.1, 0.15) is 17.2 Å². The van der Waals surface area contributed by atoms with Crippen LogP contribution in [0.3, 0.4) is 0 Å². The summed E-state index contributed by atoms with van der Waals surface area (Å²) in [6.07, 6.45) is 6.83. The molecule has 15 heteroatoms. The molecule has 2 amide bonds. The molecule has 4 aliphatic heterocycles. The quantitative estimate of drug-likeness (QED) is 0.0685. The number of esters is 1. The Labute approximate surface area is 467 Å². The number of para-hydroxylation sites is 6. The van der Waals surface area contributed by atoms with E-state index in [1.54, 1.807) is 55.5 Å². The Balaban J connectivity index is 0.715. The van der Waals surface area contributed by atoms with Gasteiger partial charge in [0.2, 0.25) is 0 Å². The number of methoxy groups -OCH3 is 2. The minimum atomic E-state index is -1.39. The molecule has 2 spiro atoms. The van der Waals surface area contributed by atoms with Crippen molar-refractivity contribution in [2.45, 2.75) is 76.8 Å². The molecular weight excluding hydrogens is 1020 g/mol. The van der Waals surface area contributed by atoms with Crippen molar-refractivity contribution in [3.63, 3.8) is 0 Å². The topological polar surface area (TPSA) is 148 Å². The Hall–Kier alpha value is -7.39. The van der Waals surface area contributed by atoms with Crippen molar-refractivity contribution in [1.82, 2.24) is 19.6 Å². The maximum Gasteiger partial charge on any atom is 0.312 e. The Morgan fingerprint density at radius 1 is 0.494 bits per heavy atom. The Kier molecular flexibility index (Phi) is 17.2. The summed E-state index contributed by atoms with van der Waals surface area (Å²) in [5, 5.41) is 10.9. The van der Waals surface area contributed by atoms with Crippen LogP contribution in [0, 0.1) is 10.8 Å². The summed E-state index contributed by atoms with van der Waals surface area (Å²) in [5.41, 5.74) is 3.07. The van der Waals surface area contributed by atoms with Crippen molar-refractivity contribution in [3.05, 3.63) is 172 Å². The zero-order chi connectivity index (χ0) is 54.9. The fourth-order valence-corrected chi connectivity index (χ4v) is 12.2. The van der Waals surface area contributed by atoms with Crippen molar-refractivity contribution in [3.8, 4) is 40.2 Å². The third-order valence-corrected chi connectivity index (χ3v) is 17.2. The van der Waals surface area contributed by atoms with E-state index >= 15 is 0 Å². The Bertz CT molecular complexity index is 3130. The molecular formula is C64H69ClN4O10. The summed E-state index contributed by atoms with van der Waals surface area (Å²) < 4.78 is 29.6. The summed E-state index contributed by atoms with van der Waals surface area (Å²) in [4.78, 5) is 64.0. The summed E-state index contributed by atoms with van der Waals surface area (Å²) in [5.74, 6) is 0.191. The molecule has 4 fully saturated rings. The van der Waals surface area contributed by atoms with E-state index in [-0.39, 0.29) is 50.1 Å². The molecule has 1 N–H and O–H groups in total. The van der Waals surface area contributed by atoms with Crippen LogP contribution in [0.5, 0.6) is 40.2 Å². The highest BCUT2D eigenvalue weighted by Gasteiger charge is 2.41. The van der Waals surface area contributed by atoms with Crippen LogP contribution in [-0.2, 0) is 22.7 Å². The number of hydrogen-bond acceptors (Lipinski definition) is 11. The third-order valence-electron chi connectivity index (χ3n) is 17.0. The number of nitrogens with zero attached hydrogens (tertiary/aromatic N) is 4. The number of carboxylic acids is 1. The van der Waals surface area contributed by atoms with Crippen molar-refractivity contribution < 1.29 is 48.0 Å². The van der Waals surface area contributed by atoms with Crippen LogP contribution < -0.4 is 23.7 Å². The molecule has 0 bridgehead atoms. The largest absolute Gasteiger partial charge is 0.493 e. The number of halogens is 1. The maximum atomic E-state index is 14.3. The highest BCUT2D eigenvalue weighted by atomic mass is 35.5. The molecule has 14 nitrogen and oxygen atoms in total. The van der Waals surface area contributed by atoms with E-state index in [2.05, 4.69) is 21.9 Å². The van der Waals surface area contributed by atoms with Gasteiger partial charge in [0.05, 0.1) is 32.1 Å². The van der Waals surface area contributed by atoms with E-state index in [0.717, 1.165) is 113 Å². The number of likely N-dealkylation sites (tertiary alicyclic amines) is 4. The smallest absolute Gasteiger partial charge is 0.312 e. The lowest BCUT2D eigenvalue weighted by Gasteiger charge is -2.47. The van der Waals surface area contributed by atoms with Gasteiger partial charge in [-0.3, -0.25) is 29.0 Å². The van der Waals surface area contributed by atoms with Crippen LogP contribution in [0.25, 0.3) is 0 Å². The van der Waals surface area contributed by atoms with Crippen LogP contribution in [-0.4, -0.2) is 115 Å². The molecule has 4 heterocycles. The van der Waals surface area contributed by atoms with Crippen molar-refractivity contribution >= 4 is 35.4 Å². The number of rotatable bonds is 17. The normalized spacial score (nSPS) is 17.7. The minimum Gasteiger partial charge on any atom is -0.493 e.